The highest BCUT2D eigenvalue weighted by molar-refractivity contribution is 7.10. The van der Waals surface area contributed by atoms with Crippen LogP contribution in [0.25, 0.3) is 0 Å². The van der Waals surface area contributed by atoms with Gasteiger partial charge in [-0.2, -0.15) is 0 Å². The molecular weight excluding hydrogens is 270 g/mol. The summed E-state index contributed by atoms with van der Waals surface area (Å²) in [6.07, 6.45) is 2.02. The monoisotopic (exact) mass is 293 g/mol. The molecule has 0 aliphatic rings. The number of nitrogens with zero attached hydrogens (tertiary/aromatic N) is 4. The molecule has 2 aromatic rings. The Kier molecular flexibility index (Phi) is 5.70. The molecule has 1 atom stereocenters. The molecule has 110 valence electrons. The second-order valence-corrected chi connectivity index (χ2v) is 5.90. The van der Waals surface area contributed by atoms with Gasteiger partial charge in [-0.3, -0.25) is 9.58 Å². The van der Waals surface area contributed by atoms with Gasteiger partial charge in [0.15, 0.2) is 0 Å². The summed E-state index contributed by atoms with van der Waals surface area (Å²) in [5.41, 5.74) is 1.00. The summed E-state index contributed by atoms with van der Waals surface area (Å²) < 4.78 is 1.92. The van der Waals surface area contributed by atoms with Gasteiger partial charge in [0.2, 0.25) is 0 Å². The lowest BCUT2D eigenvalue weighted by Crippen LogP contribution is -2.26. The molecule has 2 aromatic heterocycles. The Bertz CT molecular complexity index is 493. The maximum Gasteiger partial charge on any atom is 0.0964 e. The zero-order valence-corrected chi connectivity index (χ0v) is 13.2. The largest absolute Gasteiger partial charge is 0.311 e. The summed E-state index contributed by atoms with van der Waals surface area (Å²) in [6, 6.07) is 4.74. The van der Waals surface area contributed by atoms with Crippen molar-refractivity contribution in [2.75, 3.05) is 20.1 Å². The van der Waals surface area contributed by atoms with E-state index in [9.17, 15) is 0 Å². The van der Waals surface area contributed by atoms with Gasteiger partial charge >= 0.3 is 0 Å². The summed E-state index contributed by atoms with van der Waals surface area (Å²) in [5, 5.41) is 13.7. The fraction of sp³-hybridized carbons (Fsp3) is 0.571. The highest BCUT2D eigenvalue weighted by Crippen LogP contribution is 2.22. The van der Waals surface area contributed by atoms with Crippen LogP contribution in [0.5, 0.6) is 0 Å². The lowest BCUT2D eigenvalue weighted by Gasteiger charge is -2.23. The van der Waals surface area contributed by atoms with E-state index in [-0.39, 0.29) is 0 Å². The normalized spacial score (nSPS) is 13.0. The number of aromatic nitrogens is 3. The van der Waals surface area contributed by atoms with Gasteiger partial charge in [0.05, 0.1) is 12.2 Å². The van der Waals surface area contributed by atoms with Crippen LogP contribution in [-0.4, -0.2) is 40.0 Å². The first-order valence-electron chi connectivity index (χ1n) is 7.04. The standard InChI is InChI=1S/C14H23N5S/c1-4-15-10-13-11-19(17-16-13)8-7-18(3)12(2)14-6-5-9-20-14/h5-6,9,11-12,15H,4,7-8,10H2,1-3H3. The number of hydrogen-bond donors (Lipinski definition) is 1. The molecule has 0 aliphatic heterocycles. The van der Waals surface area contributed by atoms with Crippen molar-refractivity contribution in [1.29, 1.82) is 0 Å². The summed E-state index contributed by atoms with van der Waals surface area (Å²) in [6.45, 7) is 7.90. The van der Waals surface area contributed by atoms with Gasteiger partial charge in [-0.05, 0) is 32.0 Å². The van der Waals surface area contributed by atoms with E-state index >= 15 is 0 Å². The number of hydrogen-bond acceptors (Lipinski definition) is 5. The molecule has 0 spiro atoms. The van der Waals surface area contributed by atoms with Crippen LogP contribution in [-0.2, 0) is 13.1 Å². The first-order valence-corrected chi connectivity index (χ1v) is 7.92. The minimum atomic E-state index is 0.444. The molecule has 1 unspecified atom stereocenters. The van der Waals surface area contributed by atoms with Crippen LogP contribution in [0.4, 0.5) is 0 Å². The third kappa shape index (κ3) is 4.13. The Morgan fingerprint density at radius 2 is 2.35 bits per heavy atom. The first kappa shape index (κ1) is 15.2. The number of rotatable bonds is 8. The SMILES string of the molecule is CCNCc1cn(CCN(C)C(C)c2cccs2)nn1. The summed E-state index contributed by atoms with van der Waals surface area (Å²) in [4.78, 5) is 3.75. The molecule has 5 nitrogen and oxygen atoms in total. The van der Waals surface area contributed by atoms with Crippen molar-refractivity contribution >= 4 is 11.3 Å². The van der Waals surface area contributed by atoms with Crippen LogP contribution in [0.1, 0.15) is 30.5 Å². The van der Waals surface area contributed by atoms with Crippen molar-refractivity contribution in [2.24, 2.45) is 0 Å². The van der Waals surface area contributed by atoms with E-state index in [1.165, 1.54) is 4.88 Å². The van der Waals surface area contributed by atoms with E-state index in [4.69, 9.17) is 0 Å². The molecule has 0 bridgehead atoms. The number of likely N-dealkylation sites (N-methyl/N-ethyl adjacent to an activating group) is 1. The maximum atomic E-state index is 4.17. The Labute approximate surface area is 124 Å². The van der Waals surface area contributed by atoms with Gasteiger partial charge < -0.3 is 5.32 Å². The highest BCUT2D eigenvalue weighted by Gasteiger charge is 2.12. The van der Waals surface area contributed by atoms with Crippen LogP contribution in [0.15, 0.2) is 23.7 Å². The van der Waals surface area contributed by atoms with E-state index in [1.54, 1.807) is 0 Å². The second kappa shape index (κ2) is 7.52. The molecular formula is C14H23N5S. The van der Waals surface area contributed by atoms with Crippen molar-refractivity contribution in [2.45, 2.75) is 33.0 Å². The smallest absolute Gasteiger partial charge is 0.0964 e. The first-order chi connectivity index (χ1) is 9.70. The third-order valence-corrected chi connectivity index (χ3v) is 4.48. The molecule has 0 radical (unpaired) electrons. The van der Waals surface area contributed by atoms with Gasteiger partial charge in [0, 0.05) is 30.2 Å². The minimum Gasteiger partial charge on any atom is -0.311 e. The zero-order valence-electron chi connectivity index (χ0n) is 12.4. The van der Waals surface area contributed by atoms with Crippen LogP contribution in [0, 0.1) is 0 Å². The minimum absolute atomic E-state index is 0.444. The van der Waals surface area contributed by atoms with Gasteiger partial charge in [0.25, 0.3) is 0 Å². The predicted molar refractivity (Wildman–Crippen MR) is 82.8 cm³/mol. The van der Waals surface area contributed by atoms with E-state index in [0.29, 0.717) is 6.04 Å². The lowest BCUT2D eigenvalue weighted by atomic mass is 10.2. The number of thiophene rings is 1. The summed E-state index contributed by atoms with van der Waals surface area (Å²) >= 11 is 1.81. The van der Waals surface area contributed by atoms with E-state index in [0.717, 1.165) is 31.9 Å². The topological polar surface area (TPSA) is 46.0 Å². The fourth-order valence-electron chi connectivity index (χ4n) is 1.98. The van der Waals surface area contributed by atoms with E-state index < -0.39 is 0 Å². The van der Waals surface area contributed by atoms with E-state index in [2.05, 4.69) is 58.9 Å². The van der Waals surface area contributed by atoms with Crippen molar-refractivity contribution in [1.82, 2.24) is 25.2 Å². The average molecular weight is 293 g/mol. The average Bonchev–Trinajstić information content (AvgIpc) is 3.13. The molecule has 0 fully saturated rings. The van der Waals surface area contributed by atoms with Crippen LogP contribution in [0.3, 0.4) is 0 Å². The molecule has 6 heteroatoms. The van der Waals surface area contributed by atoms with Gasteiger partial charge in [0.1, 0.15) is 0 Å². The number of nitrogens with one attached hydrogen (secondary N) is 1. The third-order valence-electron chi connectivity index (χ3n) is 3.44. The molecule has 0 amide bonds. The van der Waals surface area contributed by atoms with Crippen LogP contribution >= 0.6 is 11.3 Å². The molecule has 0 aliphatic carbocycles. The fourth-order valence-corrected chi connectivity index (χ4v) is 2.83. The Balaban J connectivity index is 1.81. The Morgan fingerprint density at radius 3 is 3.05 bits per heavy atom. The lowest BCUT2D eigenvalue weighted by molar-refractivity contribution is 0.249. The Morgan fingerprint density at radius 1 is 1.50 bits per heavy atom. The molecule has 0 saturated heterocycles. The molecule has 20 heavy (non-hydrogen) atoms. The second-order valence-electron chi connectivity index (χ2n) is 4.93. The van der Waals surface area contributed by atoms with Crippen molar-refractivity contribution in [3.63, 3.8) is 0 Å². The molecule has 2 rings (SSSR count). The zero-order chi connectivity index (χ0) is 14.4. The summed E-state index contributed by atoms with van der Waals surface area (Å²) in [7, 11) is 2.15. The van der Waals surface area contributed by atoms with Gasteiger partial charge in [-0.1, -0.05) is 18.2 Å². The van der Waals surface area contributed by atoms with Crippen molar-refractivity contribution in [3.8, 4) is 0 Å². The Hall–Kier alpha value is -1.24. The highest BCUT2D eigenvalue weighted by atomic mass is 32.1. The maximum absolute atomic E-state index is 4.17. The van der Waals surface area contributed by atoms with Crippen LogP contribution in [0.2, 0.25) is 0 Å². The quantitative estimate of drug-likeness (QED) is 0.810. The molecule has 1 N–H and O–H groups in total. The van der Waals surface area contributed by atoms with Crippen molar-refractivity contribution in [3.05, 3.63) is 34.3 Å². The van der Waals surface area contributed by atoms with Crippen molar-refractivity contribution < 1.29 is 0 Å². The predicted octanol–water partition coefficient (Wildman–Crippen LogP) is 2.14. The molecule has 0 saturated carbocycles. The molecule has 2 heterocycles. The van der Waals surface area contributed by atoms with E-state index in [1.807, 2.05) is 22.2 Å². The van der Waals surface area contributed by atoms with Crippen LogP contribution < -0.4 is 5.32 Å². The summed E-state index contributed by atoms with van der Waals surface area (Å²) in [5.74, 6) is 0. The van der Waals surface area contributed by atoms with Gasteiger partial charge in [-0.25, -0.2) is 0 Å². The molecule has 0 aromatic carbocycles. The van der Waals surface area contributed by atoms with Gasteiger partial charge in [-0.15, -0.1) is 16.4 Å².